The van der Waals surface area contributed by atoms with Gasteiger partial charge in [-0.25, -0.2) is 4.39 Å². The molecule has 0 atom stereocenters. The Labute approximate surface area is 164 Å². The van der Waals surface area contributed by atoms with Crippen LogP contribution in [0.25, 0.3) is 0 Å². The molecule has 0 spiro atoms. The number of benzene rings is 2. The molecule has 152 valence electrons. The second-order valence-electron chi connectivity index (χ2n) is 5.53. The number of rotatable bonds is 7. The van der Waals surface area contributed by atoms with Crippen LogP contribution < -0.4 is 4.72 Å². The van der Waals surface area contributed by atoms with E-state index < -0.39 is 21.3 Å². The van der Waals surface area contributed by atoms with Crippen molar-refractivity contribution in [1.29, 1.82) is 0 Å². The van der Waals surface area contributed by atoms with Crippen LogP contribution in [0, 0.1) is 5.82 Å². The molecule has 0 unspecified atom stereocenters. The van der Waals surface area contributed by atoms with Crippen molar-refractivity contribution in [3.8, 4) is 0 Å². The Balaban J connectivity index is 2.29. The van der Waals surface area contributed by atoms with Gasteiger partial charge in [-0.1, -0.05) is 35.8 Å². The summed E-state index contributed by atoms with van der Waals surface area (Å²) in [5, 5.41) is 4.04. The van der Waals surface area contributed by atoms with Gasteiger partial charge in [-0.15, -0.1) is 0 Å². The molecule has 0 aliphatic heterocycles. The molecule has 0 heterocycles. The van der Waals surface area contributed by atoms with Gasteiger partial charge in [0.1, 0.15) is 12.4 Å². The lowest BCUT2D eigenvalue weighted by molar-refractivity contribution is -0.0429. The normalized spacial score (nSPS) is 12.7. The molecule has 0 bridgehead atoms. The number of alkyl halides is 3. The summed E-state index contributed by atoms with van der Waals surface area (Å²) >= 11 is 5.89. The Morgan fingerprint density at radius 2 is 1.82 bits per heavy atom. The highest BCUT2D eigenvalue weighted by atomic mass is 35.5. The van der Waals surface area contributed by atoms with E-state index in [0.717, 1.165) is 6.07 Å². The molecule has 0 aliphatic rings. The summed E-state index contributed by atoms with van der Waals surface area (Å²) < 4.78 is 75.3. The van der Waals surface area contributed by atoms with Crippen LogP contribution in [0.15, 0.2) is 47.6 Å². The Bertz CT molecular complexity index is 961. The van der Waals surface area contributed by atoms with E-state index in [2.05, 4.69) is 5.16 Å². The summed E-state index contributed by atoms with van der Waals surface area (Å²) in [6.45, 7) is 1.64. The number of oxime groups is 1. The van der Waals surface area contributed by atoms with Crippen molar-refractivity contribution in [3.63, 3.8) is 0 Å². The predicted molar refractivity (Wildman–Crippen MR) is 98.1 cm³/mol. The first-order valence-corrected chi connectivity index (χ1v) is 9.72. The van der Waals surface area contributed by atoms with Crippen LogP contribution in [-0.2, 0) is 21.5 Å². The molecule has 2 rings (SSSR count). The molecule has 2 aromatic carbocycles. The number of halogens is 5. The average molecular weight is 439 g/mol. The van der Waals surface area contributed by atoms with E-state index in [9.17, 15) is 26.0 Å². The summed E-state index contributed by atoms with van der Waals surface area (Å²) in [6.07, 6.45) is 0.213. The second-order valence-corrected chi connectivity index (χ2v) is 7.64. The number of nitrogens with one attached hydrogen (secondary N) is 1. The van der Waals surface area contributed by atoms with Crippen LogP contribution >= 0.6 is 11.6 Å². The highest BCUT2D eigenvalue weighted by molar-refractivity contribution is 7.93. The van der Waals surface area contributed by atoms with Crippen molar-refractivity contribution in [2.24, 2.45) is 5.16 Å². The van der Waals surface area contributed by atoms with Gasteiger partial charge in [0.2, 0.25) is 0 Å². The molecule has 28 heavy (non-hydrogen) atoms. The lowest BCUT2D eigenvalue weighted by Crippen LogP contribution is -2.30. The van der Waals surface area contributed by atoms with Gasteiger partial charge < -0.3 is 4.84 Å². The van der Waals surface area contributed by atoms with Crippen LogP contribution in [0.5, 0.6) is 0 Å². The van der Waals surface area contributed by atoms with Crippen molar-refractivity contribution < 1.29 is 30.8 Å². The topological polar surface area (TPSA) is 67.8 Å². The molecule has 0 saturated heterocycles. The molecule has 1 N–H and O–H groups in total. The van der Waals surface area contributed by atoms with Gasteiger partial charge in [0.15, 0.2) is 0 Å². The third kappa shape index (κ3) is 5.59. The Hall–Kier alpha value is -2.33. The maximum Gasteiger partial charge on any atom is 0.516 e. The van der Waals surface area contributed by atoms with Gasteiger partial charge in [-0.05, 0) is 42.3 Å². The van der Waals surface area contributed by atoms with Crippen LogP contribution in [0.3, 0.4) is 0 Å². The van der Waals surface area contributed by atoms with E-state index in [1.54, 1.807) is 6.92 Å². The molecule has 2 aromatic rings. The standard InChI is InChI=1S/C17H15ClF4N2O3S/c1-2-15(23-27-10-11-3-6-13(19)7-4-11)14-9-12(18)5-8-16(14)24-28(25,26)17(20,21)22/h3-9,24H,2,10H2,1H3. The smallest absolute Gasteiger partial charge is 0.391 e. The predicted octanol–water partition coefficient (Wildman–Crippen LogP) is 5.07. The van der Waals surface area contributed by atoms with E-state index in [-0.39, 0.29) is 35.0 Å². The molecule has 11 heteroatoms. The third-order valence-electron chi connectivity index (χ3n) is 3.50. The van der Waals surface area contributed by atoms with Crippen LogP contribution in [0.4, 0.5) is 23.2 Å². The van der Waals surface area contributed by atoms with E-state index in [1.807, 2.05) is 0 Å². The molecule has 0 radical (unpaired) electrons. The molecule has 5 nitrogen and oxygen atoms in total. The Morgan fingerprint density at radius 1 is 1.18 bits per heavy atom. The van der Waals surface area contributed by atoms with Crippen molar-refractivity contribution >= 4 is 33.0 Å². The van der Waals surface area contributed by atoms with Gasteiger partial charge in [-0.3, -0.25) is 4.72 Å². The lowest BCUT2D eigenvalue weighted by atomic mass is 10.1. The summed E-state index contributed by atoms with van der Waals surface area (Å²) in [6, 6.07) is 9.07. The fraction of sp³-hybridized carbons (Fsp3) is 0.235. The van der Waals surface area contributed by atoms with Gasteiger partial charge in [-0.2, -0.15) is 21.6 Å². The summed E-state index contributed by atoms with van der Waals surface area (Å²) in [5.41, 5.74) is -4.99. The molecular weight excluding hydrogens is 424 g/mol. The maximum atomic E-state index is 12.9. The van der Waals surface area contributed by atoms with Gasteiger partial charge in [0.25, 0.3) is 0 Å². The maximum absolute atomic E-state index is 12.9. The van der Waals surface area contributed by atoms with Gasteiger partial charge >= 0.3 is 15.5 Å². The highest BCUT2D eigenvalue weighted by Crippen LogP contribution is 2.29. The summed E-state index contributed by atoms with van der Waals surface area (Å²) in [7, 11) is -5.62. The van der Waals surface area contributed by atoms with E-state index >= 15 is 0 Å². The quantitative estimate of drug-likeness (QED) is 0.373. The number of anilines is 1. The van der Waals surface area contributed by atoms with E-state index in [4.69, 9.17) is 16.4 Å². The molecule has 0 aromatic heterocycles. The first kappa shape index (κ1) is 22.0. The summed E-state index contributed by atoms with van der Waals surface area (Å²) in [4.78, 5) is 5.18. The van der Waals surface area contributed by atoms with Crippen molar-refractivity contribution in [1.82, 2.24) is 0 Å². The first-order valence-electron chi connectivity index (χ1n) is 7.85. The van der Waals surface area contributed by atoms with Gasteiger partial charge in [0.05, 0.1) is 11.4 Å². The van der Waals surface area contributed by atoms with Crippen molar-refractivity contribution in [3.05, 3.63) is 64.4 Å². The third-order valence-corrected chi connectivity index (χ3v) is 4.83. The molecule has 0 aliphatic carbocycles. The molecular formula is C17H15ClF4N2O3S. The minimum absolute atomic E-state index is 0.0199. The minimum Gasteiger partial charge on any atom is -0.391 e. The van der Waals surface area contributed by atoms with E-state index in [0.29, 0.717) is 5.56 Å². The Kier molecular flexibility index (Phi) is 6.89. The highest BCUT2D eigenvalue weighted by Gasteiger charge is 2.46. The van der Waals surface area contributed by atoms with E-state index in [1.165, 1.54) is 41.1 Å². The molecule has 0 saturated carbocycles. The minimum atomic E-state index is -5.62. The monoisotopic (exact) mass is 438 g/mol. The molecule has 0 amide bonds. The van der Waals surface area contributed by atoms with Crippen molar-refractivity contribution in [2.75, 3.05) is 4.72 Å². The first-order chi connectivity index (χ1) is 13.0. The van der Waals surface area contributed by atoms with Gasteiger partial charge in [0, 0.05) is 10.6 Å². The van der Waals surface area contributed by atoms with Crippen LogP contribution in [0.2, 0.25) is 5.02 Å². The number of hydrogen-bond donors (Lipinski definition) is 1. The largest absolute Gasteiger partial charge is 0.516 e. The average Bonchev–Trinajstić information content (AvgIpc) is 2.61. The zero-order valence-corrected chi connectivity index (χ0v) is 16.0. The molecule has 0 fully saturated rings. The van der Waals surface area contributed by atoms with Crippen LogP contribution in [0.1, 0.15) is 24.5 Å². The number of sulfonamides is 1. The summed E-state index contributed by atoms with van der Waals surface area (Å²) in [5.74, 6) is -0.415. The fourth-order valence-electron chi connectivity index (χ4n) is 2.12. The SMILES string of the molecule is CCC(=NOCc1ccc(F)cc1)c1cc(Cl)ccc1NS(=O)(=O)C(F)(F)F. The van der Waals surface area contributed by atoms with Crippen LogP contribution in [-0.4, -0.2) is 19.6 Å². The number of nitrogens with zero attached hydrogens (tertiary/aromatic N) is 1. The zero-order chi connectivity index (χ0) is 20.9. The Morgan fingerprint density at radius 3 is 2.39 bits per heavy atom. The van der Waals surface area contributed by atoms with Crippen molar-refractivity contribution in [2.45, 2.75) is 25.5 Å². The second kappa shape index (κ2) is 8.78. The number of hydrogen-bond acceptors (Lipinski definition) is 4. The lowest BCUT2D eigenvalue weighted by Gasteiger charge is -2.15. The zero-order valence-electron chi connectivity index (χ0n) is 14.4. The fourth-order valence-corrected chi connectivity index (χ4v) is 2.87.